The van der Waals surface area contributed by atoms with E-state index in [-0.39, 0.29) is 11.7 Å². The SMILES string of the molecule is O=C1[N]C=Cc2c1c1cc(F)ccc1c1[nH]c(N(CCCN3CCOCC3)CC3CC3)nc21. The van der Waals surface area contributed by atoms with Crippen LogP contribution >= 0.6 is 0 Å². The van der Waals surface area contributed by atoms with Crippen LogP contribution in [0.15, 0.2) is 24.4 Å². The van der Waals surface area contributed by atoms with Crippen LogP contribution in [-0.2, 0) is 4.74 Å². The van der Waals surface area contributed by atoms with Gasteiger partial charge in [-0.05, 0) is 49.5 Å². The molecule has 2 fully saturated rings. The van der Waals surface area contributed by atoms with Gasteiger partial charge in [-0.25, -0.2) is 14.7 Å². The Balaban J connectivity index is 1.37. The summed E-state index contributed by atoms with van der Waals surface area (Å²) in [6, 6.07) is 4.58. The summed E-state index contributed by atoms with van der Waals surface area (Å²) in [5.41, 5.74) is 2.73. The number of nitrogens with zero attached hydrogens (tertiary/aromatic N) is 4. The predicted molar refractivity (Wildman–Crippen MR) is 126 cm³/mol. The number of hydrogen-bond acceptors (Lipinski definition) is 5. The van der Waals surface area contributed by atoms with Crippen LogP contribution in [0.2, 0.25) is 0 Å². The second-order valence-corrected chi connectivity index (χ2v) is 9.21. The number of aromatic amines is 1. The number of amides is 1. The molecule has 171 valence electrons. The normalized spacial score (nSPS) is 18.6. The largest absolute Gasteiger partial charge is 0.379 e. The van der Waals surface area contributed by atoms with Gasteiger partial charge in [0.05, 0.1) is 29.8 Å². The number of imidazole rings is 1. The number of carbonyl (C=O) groups excluding carboxylic acids is 1. The molecule has 1 saturated carbocycles. The van der Waals surface area contributed by atoms with E-state index in [2.05, 4.69) is 20.1 Å². The molecular formula is C25H27FN5O2. The van der Waals surface area contributed by atoms with Crippen LogP contribution in [0, 0.1) is 11.7 Å². The van der Waals surface area contributed by atoms with E-state index in [1.807, 2.05) is 0 Å². The van der Waals surface area contributed by atoms with Gasteiger partial charge in [0.15, 0.2) is 0 Å². The Hall–Kier alpha value is -2.97. The molecule has 1 saturated heterocycles. The van der Waals surface area contributed by atoms with Crippen molar-refractivity contribution >= 4 is 39.7 Å². The number of anilines is 1. The predicted octanol–water partition coefficient (Wildman–Crippen LogP) is 3.52. The van der Waals surface area contributed by atoms with Crippen molar-refractivity contribution in [3.05, 3.63) is 41.3 Å². The smallest absolute Gasteiger partial charge is 0.278 e. The first kappa shape index (κ1) is 20.6. The van der Waals surface area contributed by atoms with Gasteiger partial charge in [-0.1, -0.05) is 0 Å². The number of carbonyl (C=O) groups is 1. The molecule has 0 unspecified atom stereocenters. The molecule has 0 spiro atoms. The lowest BCUT2D eigenvalue weighted by Crippen LogP contribution is -2.38. The van der Waals surface area contributed by atoms with Crippen LogP contribution in [-0.4, -0.2) is 66.7 Å². The minimum Gasteiger partial charge on any atom is -0.379 e. The van der Waals surface area contributed by atoms with E-state index >= 15 is 0 Å². The lowest BCUT2D eigenvalue weighted by molar-refractivity contribution is 0.0376. The van der Waals surface area contributed by atoms with Crippen LogP contribution in [0.3, 0.4) is 0 Å². The molecule has 0 atom stereocenters. The van der Waals surface area contributed by atoms with E-state index in [0.717, 1.165) is 74.7 Å². The topological polar surface area (TPSA) is 75.6 Å². The monoisotopic (exact) mass is 448 g/mol. The van der Waals surface area contributed by atoms with Gasteiger partial charge in [0.1, 0.15) is 5.82 Å². The summed E-state index contributed by atoms with van der Waals surface area (Å²) in [4.78, 5) is 25.9. The fraction of sp³-hybridized carbons (Fsp3) is 0.440. The maximum Gasteiger partial charge on any atom is 0.278 e. The van der Waals surface area contributed by atoms with Crippen molar-refractivity contribution < 1.29 is 13.9 Å². The first-order valence-electron chi connectivity index (χ1n) is 11.8. The standard InChI is InChI=1S/C25H27FN5O2/c26-17-4-5-18-20(14-17)21-19(6-7-27-24(21)32)23-22(18)28-25(29-23)31(15-16-2-3-16)9-1-8-30-10-12-33-13-11-30/h4-7,14,16H,1-3,8-13,15H2,(H,28,29). The van der Waals surface area contributed by atoms with E-state index in [0.29, 0.717) is 22.4 Å². The van der Waals surface area contributed by atoms with E-state index < -0.39 is 0 Å². The Morgan fingerprint density at radius 3 is 2.88 bits per heavy atom. The van der Waals surface area contributed by atoms with Crippen LogP contribution in [0.4, 0.5) is 10.3 Å². The molecule has 6 rings (SSSR count). The lowest BCUT2D eigenvalue weighted by Gasteiger charge is -2.28. The van der Waals surface area contributed by atoms with Crippen molar-refractivity contribution in [3.63, 3.8) is 0 Å². The van der Waals surface area contributed by atoms with E-state index in [4.69, 9.17) is 9.72 Å². The van der Waals surface area contributed by atoms with Crippen LogP contribution in [0.5, 0.6) is 0 Å². The summed E-state index contributed by atoms with van der Waals surface area (Å²) in [5.74, 6) is 0.808. The number of aromatic nitrogens is 2. The molecule has 1 N–H and O–H groups in total. The van der Waals surface area contributed by atoms with Gasteiger partial charge < -0.3 is 14.6 Å². The van der Waals surface area contributed by atoms with Crippen LogP contribution in [0.25, 0.3) is 27.9 Å². The number of halogens is 1. The minimum absolute atomic E-state index is 0.352. The first-order valence-corrected chi connectivity index (χ1v) is 11.8. The Bertz CT molecular complexity index is 1240. The number of fused-ring (bicyclic) bond motifs is 6. The molecule has 1 aliphatic carbocycles. The van der Waals surface area contributed by atoms with Gasteiger partial charge in [-0.15, -0.1) is 0 Å². The Morgan fingerprint density at radius 1 is 1.21 bits per heavy atom. The summed E-state index contributed by atoms with van der Waals surface area (Å²) in [7, 11) is 0. The maximum atomic E-state index is 14.1. The molecule has 33 heavy (non-hydrogen) atoms. The number of ether oxygens (including phenoxy) is 1. The number of hydrogen-bond donors (Lipinski definition) is 1. The van der Waals surface area contributed by atoms with Gasteiger partial charge in [0.25, 0.3) is 5.91 Å². The second kappa shape index (κ2) is 8.43. The highest BCUT2D eigenvalue weighted by molar-refractivity contribution is 6.20. The molecule has 1 amide bonds. The van der Waals surface area contributed by atoms with Crippen LogP contribution in [0.1, 0.15) is 35.2 Å². The molecule has 2 aromatic carbocycles. The number of nitrogens with one attached hydrogen (secondary N) is 1. The third-order valence-corrected chi connectivity index (χ3v) is 6.86. The molecule has 3 aliphatic rings. The molecule has 1 aromatic heterocycles. The summed E-state index contributed by atoms with van der Waals surface area (Å²) in [6.45, 7) is 6.54. The quantitative estimate of drug-likeness (QED) is 0.599. The first-order chi connectivity index (χ1) is 16.2. The molecule has 7 nitrogen and oxygen atoms in total. The van der Waals surface area contributed by atoms with E-state index in [9.17, 15) is 9.18 Å². The van der Waals surface area contributed by atoms with Crippen molar-refractivity contribution in [2.45, 2.75) is 19.3 Å². The van der Waals surface area contributed by atoms with E-state index in [1.165, 1.54) is 31.2 Å². The highest BCUT2D eigenvalue weighted by Gasteiger charge is 2.28. The van der Waals surface area contributed by atoms with Crippen LogP contribution < -0.4 is 10.2 Å². The second-order valence-electron chi connectivity index (χ2n) is 9.21. The Kier molecular flexibility index (Phi) is 5.27. The number of benzene rings is 2. The zero-order valence-corrected chi connectivity index (χ0v) is 18.5. The van der Waals surface area contributed by atoms with Gasteiger partial charge in [0.2, 0.25) is 5.95 Å². The fourth-order valence-electron chi connectivity index (χ4n) is 4.95. The van der Waals surface area contributed by atoms with Crippen molar-refractivity contribution in [1.29, 1.82) is 0 Å². The van der Waals surface area contributed by atoms with Crippen molar-refractivity contribution in [2.75, 3.05) is 50.8 Å². The number of rotatable bonds is 7. The average Bonchev–Trinajstić information content (AvgIpc) is 3.53. The highest BCUT2D eigenvalue weighted by Crippen LogP contribution is 2.37. The van der Waals surface area contributed by atoms with Gasteiger partial charge in [-0.3, -0.25) is 9.69 Å². The van der Waals surface area contributed by atoms with Crippen molar-refractivity contribution in [3.8, 4) is 0 Å². The highest BCUT2D eigenvalue weighted by atomic mass is 19.1. The van der Waals surface area contributed by atoms with Gasteiger partial charge >= 0.3 is 0 Å². The van der Waals surface area contributed by atoms with Gasteiger partial charge in [0, 0.05) is 55.3 Å². The molecule has 3 heterocycles. The Labute approximate surface area is 191 Å². The summed E-state index contributed by atoms with van der Waals surface area (Å²) >= 11 is 0. The zero-order chi connectivity index (χ0) is 22.4. The molecule has 3 aromatic rings. The molecule has 0 bridgehead atoms. The van der Waals surface area contributed by atoms with Crippen molar-refractivity contribution in [2.24, 2.45) is 5.92 Å². The van der Waals surface area contributed by atoms with Crippen molar-refractivity contribution in [1.82, 2.24) is 20.2 Å². The third kappa shape index (κ3) is 3.98. The third-order valence-electron chi connectivity index (χ3n) is 6.86. The number of H-pyrrole nitrogens is 1. The lowest BCUT2D eigenvalue weighted by atomic mass is 9.94. The summed E-state index contributed by atoms with van der Waals surface area (Å²) < 4.78 is 19.6. The summed E-state index contributed by atoms with van der Waals surface area (Å²) in [5, 5.41) is 5.30. The molecule has 2 aliphatic heterocycles. The summed E-state index contributed by atoms with van der Waals surface area (Å²) in [6.07, 6.45) is 6.88. The molecule has 8 heteroatoms. The minimum atomic E-state index is -0.371. The average molecular weight is 449 g/mol. The zero-order valence-electron chi connectivity index (χ0n) is 18.5. The maximum absolute atomic E-state index is 14.1. The van der Waals surface area contributed by atoms with Gasteiger partial charge in [-0.2, -0.15) is 0 Å². The molecule has 1 radical (unpaired) electrons. The molecular weight excluding hydrogens is 421 g/mol. The number of morpholine rings is 1. The van der Waals surface area contributed by atoms with E-state index in [1.54, 1.807) is 12.1 Å². The fourth-order valence-corrected chi connectivity index (χ4v) is 4.95. The Morgan fingerprint density at radius 2 is 2.06 bits per heavy atom.